The molecule has 96 valence electrons. The number of nitrogens with one attached hydrogen (secondary N) is 1. The monoisotopic (exact) mass is 247 g/mol. The summed E-state index contributed by atoms with van der Waals surface area (Å²) in [6.07, 6.45) is 0.144. The molecule has 1 aliphatic rings. The number of carbonyl (C=O) groups excluding carboxylic acids is 2. The molecule has 1 aliphatic heterocycles. The van der Waals surface area contributed by atoms with E-state index < -0.39 is 11.5 Å². The lowest BCUT2D eigenvalue weighted by molar-refractivity contribution is -0.147. The summed E-state index contributed by atoms with van der Waals surface area (Å²) < 4.78 is 5.14. The molecule has 1 aromatic rings. The highest BCUT2D eigenvalue weighted by Crippen LogP contribution is 2.33. The van der Waals surface area contributed by atoms with E-state index in [1.807, 2.05) is 31.2 Å². The predicted octanol–water partition coefficient (Wildman–Crippen LogP) is 2.28. The molecule has 0 unspecified atom stereocenters. The smallest absolute Gasteiger partial charge is 0.307 e. The third kappa shape index (κ3) is 2.53. The maximum absolute atomic E-state index is 12.1. The Morgan fingerprint density at radius 1 is 1.44 bits per heavy atom. The van der Waals surface area contributed by atoms with Gasteiger partial charge in [0.2, 0.25) is 5.91 Å². The molecule has 2 rings (SSSR count). The van der Waals surface area contributed by atoms with Gasteiger partial charge < -0.3 is 10.1 Å². The van der Waals surface area contributed by atoms with Crippen LogP contribution >= 0.6 is 0 Å². The van der Waals surface area contributed by atoms with Gasteiger partial charge in [-0.25, -0.2) is 0 Å². The molecule has 4 nitrogen and oxygen atoms in total. The average molecular weight is 247 g/mol. The Bertz CT molecular complexity index is 494. The van der Waals surface area contributed by atoms with E-state index in [9.17, 15) is 9.59 Å². The van der Waals surface area contributed by atoms with E-state index >= 15 is 0 Å². The molecule has 1 atom stereocenters. The van der Waals surface area contributed by atoms with Gasteiger partial charge in [-0.15, -0.1) is 0 Å². The molecule has 1 N–H and O–H groups in total. The van der Waals surface area contributed by atoms with Crippen LogP contribution in [0.25, 0.3) is 0 Å². The van der Waals surface area contributed by atoms with Gasteiger partial charge in [-0.05, 0) is 38.5 Å². The van der Waals surface area contributed by atoms with Gasteiger partial charge in [-0.1, -0.05) is 12.1 Å². The van der Waals surface area contributed by atoms with E-state index in [4.69, 9.17) is 4.74 Å². The first-order chi connectivity index (χ1) is 8.38. The standard InChI is InChI=1S/C14H17NO3/c1-9-5-4-6-10(7-9)15-13(17)11-8-12(16)18-14(11,2)3/h4-7,11H,8H2,1-3H3,(H,15,17)/t11-/m1/s1. The highest BCUT2D eigenvalue weighted by Gasteiger charge is 2.46. The second-order valence-corrected chi connectivity index (χ2v) is 5.19. The number of cyclic esters (lactones) is 1. The van der Waals surface area contributed by atoms with Crippen LogP contribution in [-0.2, 0) is 14.3 Å². The second-order valence-electron chi connectivity index (χ2n) is 5.19. The summed E-state index contributed by atoms with van der Waals surface area (Å²) >= 11 is 0. The van der Waals surface area contributed by atoms with Crippen LogP contribution in [0.4, 0.5) is 5.69 Å². The molecule has 0 saturated carbocycles. The van der Waals surface area contributed by atoms with Crippen molar-refractivity contribution in [1.29, 1.82) is 0 Å². The van der Waals surface area contributed by atoms with E-state index in [0.29, 0.717) is 0 Å². The minimum atomic E-state index is -0.731. The van der Waals surface area contributed by atoms with Crippen LogP contribution in [0.15, 0.2) is 24.3 Å². The summed E-state index contributed by atoms with van der Waals surface area (Å²) in [5.74, 6) is -0.925. The van der Waals surface area contributed by atoms with Gasteiger partial charge in [-0.2, -0.15) is 0 Å². The Kier molecular flexibility index (Phi) is 3.11. The fourth-order valence-corrected chi connectivity index (χ4v) is 2.18. The van der Waals surface area contributed by atoms with E-state index in [-0.39, 0.29) is 18.3 Å². The van der Waals surface area contributed by atoms with Crippen molar-refractivity contribution in [2.45, 2.75) is 32.8 Å². The number of anilines is 1. The van der Waals surface area contributed by atoms with Crippen LogP contribution in [0.1, 0.15) is 25.8 Å². The Morgan fingerprint density at radius 3 is 2.72 bits per heavy atom. The fraction of sp³-hybridized carbons (Fsp3) is 0.429. The first-order valence-corrected chi connectivity index (χ1v) is 5.98. The second kappa shape index (κ2) is 4.44. The summed E-state index contributed by atoms with van der Waals surface area (Å²) in [6, 6.07) is 7.56. The van der Waals surface area contributed by atoms with Crippen molar-refractivity contribution in [1.82, 2.24) is 0 Å². The Morgan fingerprint density at radius 2 is 2.17 bits per heavy atom. The largest absolute Gasteiger partial charge is 0.459 e. The first-order valence-electron chi connectivity index (χ1n) is 5.98. The van der Waals surface area contributed by atoms with Gasteiger partial charge in [-0.3, -0.25) is 9.59 Å². The van der Waals surface area contributed by atoms with E-state index in [2.05, 4.69) is 5.32 Å². The summed E-state index contributed by atoms with van der Waals surface area (Å²) in [6.45, 7) is 5.48. The summed E-state index contributed by atoms with van der Waals surface area (Å²) in [7, 11) is 0. The van der Waals surface area contributed by atoms with E-state index in [1.54, 1.807) is 13.8 Å². The summed E-state index contributed by atoms with van der Waals surface area (Å²) in [5, 5.41) is 2.83. The fourth-order valence-electron chi connectivity index (χ4n) is 2.18. The van der Waals surface area contributed by atoms with Gasteiger partial charge in [0.05, 0.1) is 12.3 Å². The lowest BCUT2D eigenvalue weighted by atomic mass is 9.90. The number of esters is 1. The molecule has 4 heteroatoms. The maximum Gasteiger partial charge on any atom is 0.307 e. The normalized spacial score (nSPS) is 21.5. The van der Waals surface area contributed by atoms with Crippen LogP contribution in [-0.4, -0.2) is 17.5 Å². The van der Waals surface area contributed by atoms with Crippen molar-refractivity contribution >= 4 is 17.6 Å². The number of hydrogen-bond donors (Lipinski definition) is 1. The Balaban J connectivity index is 2.11. The molecular weight excluding hydrogens is 230 g/mol. The quantitative estimate of drug-likeness (QED) is 0.816. The van der Waals surface area contributed by atoms with Crippen molar-refractivity contribution < 1.29 is 14.3 Å². The molecule has 18 heavy (non-hydrogen) atoms. The molecule has 0 spiro atoms. The SMILES string of the molecule is Cc1cccc(NC(=O)[C@H]2CC(=O)OC2(C)C)c1. The van der Waals surface area contributed by atoms with Crippen molar-refractivity contribution in [3.05, 3.63) is 29.8 Å². The van der Waals surface area contributed by atoms with Crippen LogP contribution in [0, 0.1) is 12.8 Å². The molecule has 0 radical (unpaired) electrons. The Hall–Kier alpha value is -1.84. The van der Waals surface area contributed by atoms with E-state index in [0.717, 1.165) is 11.3 Å². The van der Waals surface area contributed by atoms with Gasteiger partial charge >= 0.3 is 5.97 Å². The molecular formula is C14H17NO3. The average Bonchev–Trinajstić information content (AvgIpc) is 2.51. The third-order valence-corrected chi connectivity index (χ3v) is 3.19. The number of rotatable bonds is 2. The molecule has 1 fully saturated rings. The third-order valence-electron chi connectivity index (χ3n) is 3.19. The van der Waals surface area contributed by atoms with E-state index in [1.165, 1.54) is 0 Å². The molecule has 1 amide bonds. The molecule has 1 saturated heterocycles. The first kappa shape index (κ1) is 12.6. The zero-order valence-electron chi connectivity index (χ0n) is 10.8. The van der Waals surface area contributed by atoms with Crippen LogP contribution in [0.2, 0.25) is 0 Å². The molecule has 0 bridgehead atoms. The number of hydrogen-bond acceptors (Lipinski definition) is 3. The van der Waals surface area contributed by atoms with Crippen molar-refractivity contribution in [3.63, 3.8) is 0 Å². The lowest BCUT2D eigenvalue weighted by Gasteiger charge is -2.23. The summed E-state index contributed by atoms with van der Waals surface area (Å²) in [4.78, 5) is 23.4. The van der Waals surface area contributed by atoms with Crippen molar-refractivity contribution in [2.24, 2.45) is 5.92 Å². The lowest BCUT2D eigenvalue weighted by Crippen LogP contribution is -2.36. The topological polar surface area (TPSA) is 55.4 Å². The highest BCUT2D eigenvalue weighted by molar-refractivity contribution is 5.96. The zero-order valence-corrected chi connectivity index (χ0v) is 10.8. The molecule has 0 aromatic heterocycles. The van der Waals surface area contributed by atoms with Gasteiger partial charge in [0.15, 0.2) is 0 Å². The Labute approximate surface area is 106 Å². The molecule has 1 aromatic carbocycles. The van der Waals surface area contributed by atoms with Crippen LogP contribution in [0.3, 0.4) is 0 Å². The van der Waals surface area contributed by atoms with Crippen LogP contribution < -0.4 is 5.32 Å². The van der Waals surface area contributed by atoms with Crippen molar-refractivity contribution in [3.8, 4) is 0 Å². The van der Waals surface area contributed by atoms with Gasteiger partial charge in [0.25, 0.3) is 0 Å². The van der Waals surface area contributed by atoms with Gasteiger partial charge in [0.1, 0.15) is 5.60 Å². The summed E-state index contributed by atoms with van der Waals surface area (Å²) in [5.41, 5.74) is 1.09. The minimum Gasteiger partial charge on any atom is -0.459 e. The molecule has 0 aliphatic carbocycles. The van der Waals surface area contributed by atoms with Gasteiger partial charge in [0, 0.05) is 5.69 Å². The number of amides is 1. The van der Waals surface area contributed by atoms with Crippen molar-refractivity contribution in [2.75, 3.05) is 5.32 Å². The maximum atomic E-state index is 12.1. The number of aryl methyl sites for hydroxylation is 1. The van der Waals surface area contributed by atoms with Crippen LogP contribution in [0.5, 0.6) is 0 Å². The zero-order chi connectivity index (χ0) is 13.3. The highest BCUT2D eigenvalue weighted by atomic mass is 16.6. The number of ether oxygens (including phenoxy) is 1. The number of benzene rings is 1. The molecule has 1 heterocycles. The predicted molar refractivity (Wildman–Crippen MR) is 68.1 cm³/mol. The minimum absolute atomic E-state index is 0.144. The number of carbonyl (C=O) groups is 2.